The van der Waals surface area contributed by atoms with Crippen molar-refractivity contribution in [2.75, 3.05) is 6.54 Å². The van der Waals surface area contributed by atoms with Crippen LogP contribution >= 0.6 is 0 Å². The Balaban J connectivity index is 1.47. The van der Waals surface area contributed by atoms with Crippen LogP contribution in [0, 0.1) is 12.8 Å². The summed E-state index contributed by atoms with van der Waals surface area (Å²) in [6.07, 6.45) is 8.13. The third kappa shape index (κ3) is 7.89. The summed E-state index contributed by atoms with van der Waals surface area (Å²) in [6, 6.07) is 16.1. The molecule has 1 aromatic heterocycles. The Bertz CT molecular complexity index is 1280. The van der Waals surface area contributed by atoms with Crippen LogP contribution in [0.5, 0.6) is 5.75 Å². The van der Waals surface area contributed by atoms with Gasteiger partial charge in [0.25, 0.3) is 0 Å². The molecule has 1 aliphatic carbocycles. The molecule has 1 saturated carbocycles. The monoisotopic (exact) mass is 529 g/mol. The van der Waals surface area contributed by atoms with Crippen LogP contribution in [-0.2, 0) is 11.3 Å². The van der Waals surface area contributed by atoms with E-state index in [0.29, 0.717) is 17.2 Å². The molecule has 0 unspecified atom stereocenters. The maximum absolute atomic E-state index is 13.2. The number of rotatable bonds is 9. The van der Waals surface area contributed by atoms with Gasteiger partial charge >= 0.3 is 12.1 Å². The van der Waals surface area contributed by atoms with Crippen LogP contribution in [0.15, 0.2) is 67.0 Å². The summed E-state index contributed by atoms with van der Waals surface area (Å²) >= 11 is 0. The van der Waals surface area contributed by atoms with Gasteiger partial charge in [-0.2, -0.15) is 0 Å². The second-order valence-corrected chi connectivity index (χ2v) is 10.3. The largest absolute Gasteiger partial charge is 0.478 e. The standard InChI is InChI=1S/C31H35N3O5/c1-21-8-14-28(15-9-21)39-31(38)34(20-29(35)33-22(2)24-6-4-3-5-7-24)19-23-10-12-25(13-11-23)26-16-27(30(36)37)18-32-17-26/h8-18,22,24H,3-7,19-20H2,1-2H3,(H,33,35)(H,36,37)/t22-/m1/s1. The lowest BCUT2D eigenvalue weighted by molar-refractivity contribution is -0.123. The highest BCUT2D eigenvalue weighted by Gasteiger charge is 2.24. The van der Waals surface area contributed by atoms with Crippen LogP contribution in [0.4, 0.5) is 4.79 Å². The molecular weight excluding hydrogens is 494 g/mol. The maximum atomic E-state index is 13.2. The fraction of sp³-hybridized carbons (Fsp3) is 0.355. The molecule has 2 aromatic carbocycles. The van der Waals surface area contributed by atoms with Gasteiger partial charge in [-0.15, -0.1) is 0 Å². The third-order valence-electron chi connectivity index (χ3n) is 7.21. The van der Waals surface area contributed by atoms with Crippen molar-refractivity contribution in [2.24, 2.45) is 5.92 Å². The van der Waals surface area contributed by atoms with Gasteiger partial charge in [-0.05, 0) is 61.9 Å². The summed E-state index contributed by atoms with van der Waals surface area (Å²) in [6.45, 7) is 4.03. The predicted molar refractivity (Wildman–Crippen MR) is 148 cm³/mol. The van der Waals surface area contributed by atoms with Gasteiger partial charge in [0.15, 0.2) is 0 Å². The second-order valence-electron chi connectivity index (χ2n) is 10.3. The number of nitrogens with one attached hydrogen (secondary N) is 1. The lowest BCUT2D eigenvalue weighted by atomic mass is 9.84. The number of nitrogens with zero attached hydrogens (tertiary/aromatic N) is 2. The van der Waals surface area contributed by atoms with Gasteiger partial charge in [-0.1, -0.05) is 61.2 Å². The van der Waals surface area contributed by atoms with E-state index in [-0.39, 0.29) is 30.6 Å². The first-order valence-electron chi connectivity index (χ1n) is 13.4. The normalized spacial score (nSPS) is 14.3. The molecule has 2 N–H and O–H groups in total. The lowest BCUT2D eigenvalue weighted by Gasteiger charge is -2.29. The van der Waals surface area contributed by atoms with Crippen molar-refractivity contribution in [3.8, 4) is 16.9 Å². The molecule has 8 heteroatoms. The van der Waals surface area contributed by atoms with Crippen LogP contribution in [0.3, 0.4) is 0 Å². The summed E-state index contributed by atoms with van der Waals surface area (Å²) in [4.78, 5) is 42.9. The lowest BCUT2D eigenvalue weighted by Crippen LogP contribution is -2.46. The summed E-state index contributed by atoms with van der Waals surface area (Å²) < 4.78 is 5.60. The third-order valence-corrected chi connectivity index (χ3v) is 7.21. The van der Waals surface area contributed by atoms with Crippen molar-refractivity contribution >= 4 is 18.0 Å². The summed E-state index contributed by atoms with van der Waals surface area (Å²) in [5, 5.41) is 12.3. The number of hydrogen-bond donors (Lipinski definition) is 2. The van der Waals surface area contributed by atoms with Gasteiger partial charge in [0.1, 0.15) is 12.3 Å². The Hall–Kier alpha value is -4.20. The van der Waals surface area contributed by atoms with E-state index >= 15 is 0 Å². The molecule has 0 saturated heterocycles. The van der Waals surface area contributed by atoms with Crippen LogP contribution in [0.1, 0.15) is 60.5 Å². The number of ether oxygens (including phenoxy) is 1. The molecule has 4 rings (SSSR count). The Kier molecular flexibility index (Phi) is 9.31. The molecule has 39 heavy (non-hydrogen) atoms. The molecule has 1 atom stereocenters. The van der Waals surface area contributed by atoms with E-state index in [0.717, 1.165) is 29.5 Å². The predicted octanol–water partition coefficient (Wildman–Crippen LogP) is 5.84. The van der Waals surface area contributed by atoms with Gasteiger partial charge < -0.3 is 15.2 Å². The first-order chi connectivity index (χ1) is 18.8. The zero-order valence-corrected chi connectivity index (χ0v) is 22.4. The van der Waals surface area contributed by atoms with Crippen molar-refractivity contribution in [2.45, 2.75) is 58.5 Å². The summed E-state index contributed by atoms with van der Waals surface area (Å²) in [5.74, 6) is -0.396. The van der Waals surface area contributed by atoms with Crippen molar-refractivity contribution in [1.82, 2.24) is 15.2 Å². The van der Waals surface area contributed by atoms with Crippen molar-refractivity contribution in [1.29, 1.82) is 0 Å². The Labute approximate surface area is 229 Å². The SMILES string of the molecule is Cc1ccc(OC(=O)N(CC(=O)N[C@H](C)C2CCCCC2)Cc2ccc(-c3cncc(C(=O)O)c3)cc2)cc1. The zero-order chi connectivity index (χ0) is 27.8. The van der Waals surface area contributed by atoms with Crippen LogP contribution in [-0.4, -0.2) is 45.5 Å². The minimum absolute atomic E-state index is 0.0437. The van der Waals surface area contributed by atoms with Crippen molar-refractivity contribution in [3.05, 3.63) is 83.7 Å². The number of pyridine rings is 1. The van der Waals surface area contributed by atoms with E-state index in [4.69, 9.17) is 4.74 Å². The number of carboxylic acid groups (broad SMARTS) is 1. The quantitative estimate of drug-likeness (QED) is 0.360. The van der Waals surface area contributed by atoms with E-state index in [1.54, 1.807) is 24.4 Å². The van der Waals surface area contributed by atoms with Gasteiger partial charge in [0.2, 0.25) is 5.91 Å². The number of hydrogen-bond acceptors (Lipinski definition) is 5. The van der Waals surface area contributed by atoms with Crippen LogP contribution < -0.4 is 10.1 Å². The molecule has 0 spiro atoms. The van der Waals surface area contributed by atoms with Crippen LogP contribution in [0.2, 0.25) is 0 Å². The molecule has 8 nitrogen and oxygen atoms in total. The fourth-order valence-electron chi connectivity index (χ4n) is 4.92. The second kappa shape index (κ2) is 13.0. The minimum atomic E-state index is -1.04. The highest BCUT2D eigenvalue weighted by atomic mass is 16.6. The highest BCUT2D eigenvalue weighted by Crippen LogP contribution is 2.26. The average molecular weight is 530 g/mol. The van der Waals surface area contributed by atoms with Gasteiger partial charge in [-0.25, -0.2) is 9.59 Å². The van der Waals surface area contributed by atoms with Crippen molar-refractivity contribution in [3.63, 3.8) is 0 Å². The number of carbonyl (C=O) groups is 3. The molecule has 0 radical (unpaired) electrons. The van der Waals surface area contributed by atoms with Gasteiger partial charge in [0.05, 0.1) is 5.56 Å². The fourth-order valence-corrected chi connectivity index (χ4v) is 4.92. The molecule has 0 aliphatic heterocycles. The summed E-state index contributed by atoms with van der Waals surface area (Å²) in [5.41, 5.74) is 3.42. The summed E-state index contributed by atoms with van der Waals surface area (Å²) in [7, 11) is 0. The van der Waals surface area contributed by atoms with E-state index < -0.39 is 12.1 Å². The molecular formula is C31H35N3O5. The number of aromatic carboxylic acids is 1. The number of carbonyl (C=O) groups excluding carboxylic acids is 2. The zero-order valence-electron chi connectivity index (χ0n) is 22.4. The van der Waals surface area contributed by atoms with Crippen molar-refractivity contribution < 1.29 is 24.2 Å². The molecule has 2 amide bonds. The Morgan fingerprint density at radius 2 is 1.69 bits per heavy atom. The Morgan fingerprint density at radius 1 is 1.00 bits per heavy atom. The number of carboxylic acids is 1. The van der Waals surface area contributed by atoms with Gasteiger partial charge in [-0.3, -0.25) is 14.7 Å². The molecule has 1 aliphatic rings. The minimum Gasteiger partial charge on any atom is -0.478 e. The Morgan fingerprint density at radius 3 is 2.36 bits per heavy atom. The first-order valence-corrected chi connectivity index (χ1v) is 13.4. The smallest absolute Gasteiger partial charge is 0.416 e. The molecule has 0 bridgehead atoms. The molecule has 1 fully saturated rings. The number of aromatic nitrogens is 1. The molecule has 1 heterocycles. The maximum Gasteiger partial charge on any atom is 0.416 e. The van der Waals surface area contributed by atoms with E-state index in [2.05, 4.69) is 10.3 Å². The average Bonchev–Trinajstić information content (AvgIpc) is 2.94. The van der Waals surface area contributed by atoms with Crippen LogP contribution in [0.25, 0.3) is 11.1 Å². The van der Waals surface area contributed by atoms with E-state index in [1.807, 2.05) is 50.2 Å². The van der Waals surface area contributed by atoms with Gasteiger partial charge in [0, 0.05) is 30.5 Å². The first kappa shape index (κ1) is 27.8. The number of benzene rings is 2. The molecule has 3 aromatic rings. The topological polar surface area (TPSA) is 109 Å². The van der Waals surface area contributed by atoms with E-state index in [1.165, 1.54) is 30.4 Å². The van der Waals surface area contributed by atoms with E-state index in [9.17, 15) is 19.5 Å². The highest BCUT2D eigenvalue weighted by molar-refractivity contribution is 5.88. The number of amides is 2. The number of aryl methyl sites for hydroxylation is 1. The molecule has 204 valence electrons.